The standard InChI is InChI=1S/C13H9ClF2N2O2/c1-7-5-10(16)12(6-9(7)15)17-11-4-2-3-8(14)13(11)18(19)20/h2-6,17H,1H3. The Morgan fingerprint density at radius 3 is 2.55 bits per heavy atom. The van der Waals surface area contributed by atoms with Crippen LogP contribution in [0, 0.1) is 28.7 Å². The fourth-order valence-corrected chi connectivity index (χ4v) is 1.93. The molecule has 0 unspecified atom stereocenters. The van der Waals surface area contributed by atoms with Gasteiger partial charge in [-0.2, -0.15) is 0 Å². The van der Waals surface area contributed by atoms with Gasteiger partial charge in [-0.15, -0.1) is 0 Å². The first-order valence-electron chi connectivity index (χ1n) is 5.55. The molecule has 2 aromatic rings. The molecule has 0 aromatic heterocycles. The van der Waals surface area contributed by atoms with Crippen LogP contribution in [0.25, 0.3) is 0 Å². The minimum atomic E-state index is -0.710. The minimum Gasteiger partial charge on any atom is -0.347 e. The van der Waals surface area contributed by atoms with E-state index in [2.05, 4.69) is 5.32 Å². The predicted octanol–water partition coefficient (Wildman–Crippen LogP) is 4.58. The van der Waals surface area contributed by atoms with Crippen LogP contribution in [-0.2, 0) is 0 Å². The molecule has 2 aromatic carbocycles. The van der Waals surface area contributed by atoms with Crippen molar-refractivity contribution in [1.29, 1.82) is 0 Å². The number of nitrogens with one attached hydrogen (secondary N) is 1. The third-order valence-corrected chi connectivity index (χ3v) is 2.99. The van der Waals surface area contributed by atoms with Gasteiger partial charge >= 0.3 is 5.69 Å². The summed E-state index contributed by atoms with van der Waals surface area (Å²) in [6.45, 7) is 1.42. The predicted molar refractivity (Wildman–Crippen MR) is 72.5 cm³/mol. The van der Waals surface area contributed by atoms with Crippen molar-refractivity contribution in [3.8, 4) is 0 Å². The summed E-state index contributed by atoms with van der Waals surface area (Å²) >= 11 is 5.74. The third-order valence-electron chi connectivity index (χ3n) is 2.69. The average molecular weight is 299 g/mol. The maximum Gasteiger partial charge on any atom is 0.311 e. The molecule has 2 rings (SSSR count). The van der Waals surface area contributed by atoms with Crippen molar-refractivity contribution < 1.29 is 13.7 Å². The van der Waals surface area contributed by atoms with E-state index in [-0.39, 0.29) is 22.0 Å². The van der Waals surface area contributed by atoms with Gasteiger partial charge in [0, 0.05) is 6.07 Å². The summed E-state index contributed by atoms with van der Waals surface area (Å²) in [7, 11) is 0. The molecular weight excluding hydrogens is 290 g/mol. The topological polar surface area (TPSA) is 55.2 Å². The smallest absolute Gasteiger partial charge is 0.311 e. The van der Waals surface area contributed by atoms with Gasteiger partial charge in [-0.3, -0.25) is 10.1 Å². The summed E-state index contributed by atoms with van der Waals surface area (Å²) in [5, 5.41) is 13.4. The Morgan fingerprint density at radius 1 is 1.20 bits per heavy atom. The van der Waals surface area contributed by atoms with Gasteiger partial charge in [0.25, 0.3) is 0 Å². The lowest BCUT2D eigenvalue weighted by atomic mass is 10.2. The number of benzene rings is 2. The Balaban J connectivity index is 2.48. The highest BCUT2D eigenvalue weighted by atomic mass is 35.5. The number of halogens is 3. The third kappa shape index (κ3) is 2.70. The van der Waals surface area contributed by atoms with E-state index in [1.807, 2.05) is 0 Å². The number of aryl methyl sites for hydroxylation is 1. The molecule has 0 aliphatic carbocycles. The van der Waals surface area contributed by atoms with Crippen LogP contribution in [0.4, 0.5) is 25.8 Å². The number of anilines is 2. The number of hydrogen-bond acceptors (Lipinski definition) is 3. The Kier molecular flexibility index (Phi) is 3.85. The molecular formula is C13H9ClF2N2O2. The van der Waals surface area contributed by atoms with Crippen LogP contribution in [0.5, 0.6) is 0 Å². The van der Waals surface area contributed by atoms with Gasteiger partial charge in [0.15, 0.2) is 0 Å². The van der Waals surface area contributed by atoms with E-state index in [1.165, 1.54) is 25.1 Å². The maximum atomic E-state index is 13.7. The lowest BCUT2D eigenvalue weighted by Crippen LogP contribution is -2.00. The Labute approximate surface area is 118 Å². The lowest BCUT2D eigenvalue weighted by molar-refractivity contribution is -0.383. The highest BCUT2D eigenvalue weighted by Crippen LogP contribution is 2.35. The Bertz CT molecular complexity index is 692. The van der Waals surface area contributed by atoms with E-state index in [4.69, 9.17) is 11.6 Å². The summed E-state index contributed by atoms with van der Waals surface area (Å²) in [6, 6.07) is 6.13. The molecule has 0 saturated carbocycles. The van der Waals surface area contributed by atoms with Gasteiger partial charge in [-0.25, -0.2) is 8.78 Å². The monoisotopic (exact) mass is 298 g/mol. The molecule has 0 radical (unpaired) electrons. The van der Waals surface area contributed by atoms with Crippen molar-refractivity contribution in [2.45, 2.75) is 6.92 Å². The highest BCUT2D eigenvalue weighted by Gasteiger charge is 2.19. The van der Waals surface area contributed by atoms with Crippen LogP contribution in [0.2, 0.25) is 5.02 Å². The van der Waals surface area contributed by atoms with Crippen molar-refractivity contribution in [1.82, 2.24) is 0 Å². The van der Waals surface area contributed by atoms with Crippen molar-refractivity contribution in [3.63, 3.8) is 0 Å². The molecule has 0 saturated heterocycles. The van der Waals surface area contributed by atoms with Gasteiger partial charge < -0.3 is 5.32 Å². The minimum absolute atomic E-state index is 0.00958. The zero-order valence-corrected chi connectivity index (χ0v) is 11.0. The maximum absolute atomic E-state index is 13.7. The van der Waals surface area contributed by atoms with E-state index in [1.54, 1.807) is 0 Å². The first kappa shape index (κ1) is 14.2. The Hall–Kier alpha value is -2.21. The molecule has 104 valence electrons. The van der Waals surface area contributed by atoms with Crippen LogP contribution in [0.15, 0.2) is 30.3 Å². The molecule has 0 atom stereocenters. The second-order valence-electron chi connectivity index (χ2n) is 4.10. The van der Waals surface area contributed by atoms with Crippen molar-refractivity contribution >= 4 is 28.7 Å². The number of nitrogens with zero attached hydrogens (tertiary/aromatic N) is 1. The van der Waals surface area contributed by atoms with E-state index >= 15 is 0 Å². The van der Waals surface area contributed by atoms with E-state index < -0.39 is 22.2 Å². The summed E-state index contributed by atoms with van der Waals surface area (Å²) in [6.07, 6.45) is 0. The van der Waals surface area contributed by atoms with Crippen LogP contribution in [0.3, 0.4) is 0 Å². The first-order valence-corrected chi connectivity index (χ1v) is 5.93. The van der Waals surface area contributed by atoms with Gasteiger partial charge in [0.1, 0.15) is 22.3 Å². The van der Waals surface area contributed by atoms with Crippen LogP contribution in [-0.4, -0.2) is 4.92 Å². The van der Waals surface area contributed by atoms with E-state index in [0.717, 1.165) is 12.1 Å². The average Bonchev–Trinajstić information content (AvgIpc) is 2.35. The molecule has 0 aliphatic heterocycles. The lowest BCUT2D eigenvalue weighted by Gasteiger charge is -2.10. The number of nitro groups is 1. The largest absolute Gasteiger partial charge is 0.347 e. The van der Waals surface area contributed by atoms with Gasteiger partial charge in [-0.1, -0.05) is 17.7 Å². The van der Waals surface area contributed by atoms with Gasteiger partial charge in [0.05, 0.1) is 10.6 Å². The summed E-state index contributed by atoms with van der Waals surface area (Å²) in [5.74, 6) is -1.32. The molecule has 7 heteroatoms. The quantitative estimate of drug-likeness (QED) is 0.666. The molecule has 0 amide bonds. The molecule has 4 nitrogen and oxygen atoms in total. The molecule has 0 bridgehead atoms. The van der Waals surface area contributed by atoms with Crippen molar-refractivity contribution in [3.05, 3.63) is 62.7 Å². The second kappa shape index (κ2) is 5.42. The van der Waals surface area contributed by atoms with Crippen LogP contribution in [0.1, 0.15) is 5.56 Å². The SMILES string of the molecule is Cc1cc(F)c(Nc2cccc(Cl)c2[N+](=O)[O-])cc1F. The normalized spacial score (nSPS) is 10.4. The second-order valence-corrected chi connectivity index (χ2v) is 4.51. The van der Waals surface area contributed by atoms with Crippen LogP contribution >= 0.6 is 11.6 Å². The summed E-state index contributed by atoms with van der Waals surface area (Å²) in [5.41, 5.74) is -0.452. The van der Waals surface area contributed by atoms with Gasteiger partial charge in [-0.05, 0) is 30.7 Å². The Morgan fingerprint density at radius 2 is 1.90 bits per heavy atom. The summed E-state index contributed by atoms with van der Waals surface area (Å²) < 4.78 is 27.2. The zero-order chi connectivity index (χ0) is 14.9. The first-order chi connectivity index (χ1) is 9.40. The molecule has 0 aliphatic rings. The number of para-hydroxylation sites is 1. The summed E-state index contributed by atoms with van der Waals surface area (Å²) in [4.78, 5) is 10.3. The number of nitro benzene ring substituents is 1. The van der Waals surface area contributed by atoms with Crippen molar-refractivity contribution in [2.75, 3.05) is 5.32 Å². The van der Waals surface area contributed by atoms with Gasteiger partial charge in [0.2, 0.25) is 0 Å². The zero-order valence-electron chi connectivity index (χ0n) is 10.3. The molecule has 0 spiro atoms. The molecule has 0 fully saturated rings. The molecule has 0 heterocycles. The fourth-order valence-electron chi connectivity index (χ4n) is 1.69. The fraction of sp³-hybridized carbons (Fsp3) is 0.0769. The highest BCUT2D eigenvalue weighted by molar-refractivity contribution is 6.33. The van der Waals surface area contributed by atoms with Crippen molar-refractivity contribution in [2.24, 2.45) is 0 Å². The molecule has 20 heavy (non-hydrogen) atoms. The number of rotatable bonds is 3. The van der Waals surface area contributed by atoms with Crippen LogP contribution < -0.4 is 5.32 Å². The number of hydrogen-bond donors (Lipinski definition) is 1. The van der Waals surface area contributed by atoms with E-state index in [0.29, 0.717) is 0 Å². The van der Waals surface area contributed by atoms with E-state index in [9.17, 15) is 18.9 Å². The molecule has 1 N–H and O–H groups in total.